The van der Waals surface area contributed by atoms with Crippen molar-refractivity contribution in [1.82, 2.24) is 5.32 Å². The number of nitrogens with one attached hydrogen (secondary N) is 1. The molecule has 3 aliphatic rings. The zero-order valence-electron chi connectivity index (χ0n) is 19.2. The first-order valence-electron chi connectivity index (χ1n) is 11.7. The molecule has 5 nitrogen and oxygen atoms in total. The number of carbonyl (C=O) groups excluding carboxylic acids is 1. The minimum atomic E-state index is -0.241. The van der Waals surface area contributed by atoms with E-state index in [-0.39, 0.29) is 29.9 Å². The summed E-state index contributed by atoms with van der Waals surface area (Å²) in [4.78, 5) is 13.1. The first-order valence-corrected chi connectivity index (χ1v) is 11.7. The molecule has 3 aliphatic carbocycles. The Labute approximate surface area is 195 Å². The van der Waals surface area contributed by atoms with Gasteiger partial charge in [-0.05, 0) is 79.3 Å². The summed E-state index contributed by atoms with van der Waals surface area (Å²) in [6, 6.07) is 16.0. The van der Waals surface area contributed by atoms with Crippen LogP contribution in [-0.4, -0.2) is 26.2 Å². The topological polar surface area (TPSA) is 73.6 Å². The molecule has 33 heavy (non-hydrogen) atoms. The summed E-state index contributed by atoms with van der Waals surface area (Å²) in [7, 11) is 1.65. The number of amides is 1. The monoisotopic (exact) mass is 452 g/mol. The van der Waals surface area contributed by atoms with E-state index in [0.29, 0.717) is 24.2 Å². The van der Waals surface area contributed by atoms with Gasteiger partial charge < -0.3 is 20.5 Å². The van der Waals surface area contributed by atoms with Gasteiger partial charge in [-0.2, -0.15) is 0 Å². The second-order valence-corrected chi connectivity index (χ2v) is 9.38. The molecule has 2 aromatic rings. The molecule has 0 saturated heterocycles. The van der Waals surface area contributed by atoms with Crippen LogP contribution < -0.4 is 20.5 Å². The van der Waals surface area contributed by atoms with Gasteiger partial charge in [0.2, 0.25) is 5.91 Å². The zero-order chi connectivity index (χ0) is 23.3. The van der Waals surface area contributed by atoms with Crippen LogP contribution in [0.15, 0.2) is 60.4 Å². The highest BCUT2D eigenvalue weighted by atomic mass is 19.1. The van der Waals surface area contributed by atoms with E-state index >= 15 is 0 Å². The minimum absolute atomic E-state index is 0.137. The van der Waals surface area contributed by atoms with Crippen LogP contribution in [0.3, 0.4) is 0 Å². The van der Waals surface area contributed by atoms with Gasteiger partial charge in [-0.15, -0.1) is 0 Å². The number of nitrogens with two attached hydrogens (primary N) is 1. The quantitative estimate of drug-likeness (QED) is 0.574. The van der Waals surface area contributed by atoms with Crippen molar-refractivity contribution in [1.29, 1.82) is 0 Å². The molecule has 0 spiro atoms. The summed E-state index contributed by atoms with van der Waals surface area (Å²) in [5.41, 5.74) is 8.18. The van der Waals surface area contributed by atoms with Gasteiger partial charge in [-0.25, -0.2) is 4.39 Å². The molecule has 6 heteroatoms. The minimum Gasteiger partial charge on any atom is -0.497 e. The number of rotatable bonds is 9. The van der Waals surface area contributed by atoms with E-state index in [4.69, 9.17) is 15.2 Å². The number of carbonyl (C=O) groups is 1. The smallest absolute Gasteiger partial charge is 0.226 e. The third-order valence-corrected chi connectivity index (χ3v) is 7.65. The van der Waals surface area contributed by atoms with Crippen molar-refractivity contribution in [3.63, 3.8) is 0 Å². The van der Waals surface area contributed by atoms with Crippen molar-refractivity contribution < 1.29 is 18.7 Å². The molecule has 2 aromatic carbocycles. The lowest BCUT2D eigenvalue weighted by Crippen LogP contribution is -2.51. The first-order chi connectivity index (χ1) is 16.0. The van der Waals surface area contributed by atoms with Crippen LogP contribution in [0.25, 0.3) is 0 Å². The third-order valence-electron chi connectivity index (χ3n) is 7.65. The lowest BCUT2D eigenvalue weighted by Gasteiger charge is -2.52. The molecule has 3 N–H and O–H groups in total. The van der Waals surface area contributed by atoms with Crippen LogP contribution in [0.4, 0.5) is 4.39 Å². The normalized spacial score (nSPS) is 24.4. The van der Waals surface area contributed by atoms with Gasteiger partial charge in [0.25, 0.3) is 0 Å². The number of methoxy groups -OCH3 is 1. The average molecular weight is 453 g/mol. The van der Waals surface area contributed by atoms with Crippen molar-refractivity contribution >= 4 is 5.91 Å². The largest absolute Gasteiger partial charge is 0.497 e. The van der Waals surface area contributed by atoms with Gasteiger partial charge in [0, 0.05) is 24.1 Å². The Morgan fingerprint density at radius 3 is 2.15 bits per heavy atom. The SMILES string of the molecule is COc1ccc(CNC(=O)C23CCC(c4ccc(OC/C(=C/F)CN)cc4)(CC2)CC3)cc1. The summed E-state index contributed by atoms with van der Waals surface area (Å²) in [6.45, 7) is 0.847. The molecule has 0 atom stereocenters. The Morgan fingerprint density at radius 2 is 1.61 bits per heavy atom. The van der Waals surface area contributed by atoms with Gasteiger partial charge in [-0.1, -0.05) is 24.3 Å². The third kappa shape index (κ3) is 4.91. The molecule has 176 valence electrons. The van der Waals surface area contributed by atoms with Crippen molar-refractivity contribution in [2.75, 3.05) is 20.3 Å². The molecular weight excluding hydrogens is 419 g/mol. The van der Waals surface area contributed by atoms with E-state index in [0.717, 1.165) is 49.8 Å². The van der Waals surface area contributed by atoms with Gasteiger partial charge in [-0.3, -0.25) is 4.79 Å². The zero-order valence-corrected chi connectivity index (χ0v) is 19.2. The summed E-state index contributed by atoms with van der Waals surface area (Å²) in [6.07, 6.45) is 6.32. The van der Waals surface area contributed by atoms with Crippen molar-refractivity contribution in [2.24, 2.45) is 11.1 Å². The molecule has 3 fully saturated rings. The van der Waals surface area contributed by atoms with Gasteiger partial charge in [0.1, 0.15) is 18.1 Å². The fourth-order valence-corrected chi connectivity index (χ4v) is 5.29. The lowest BCUT2D eigenvalue weighted by atomic mass is 9.51. The molecule has 0 radical (unpaired) electrons. The molecule has 0 unspecified atom stereocenters. The Bertz CT molecular complexity index is 961. The molecule has 5 rings (SSSR count). The van der Waals surface area contributed by atoms with E-state index < -0.39 is 0 Å². The van der Waals surface area contributed by atoms with Gasteiger partial charge >= 0.3 is 0 Å². The van der Waals surface area contributed by atoms with E-state index in [1.807, 2.05) is 36.4 Å². The van der Waals surface area contributed by atoms with Crippen LogP contribution in [0, 0.1) is 5.41 Å². The highest BCUT2D eigenvalue weighted by Crippen LogP contribution is 2.57. The number of hydrogen-bond acceptors (Lipinski definition) is 4. The van der Waals surface area contributed by atoms with Crippen LogP contribution in [0.1, 0.15) is 49.7 Å². The second-order valence-electron chi connectivity index (χ2n) is 9.38. The summed E-state index contributed by atoms with van der Waals surface area (Å²) >= 11 is 0. The summed E-state index contributed by atoms with van der Waals surface area (Å²) < 4.78 is 23.5. The second kappa shape index (κ2) is 9.96. The van der Waals surface area contributed by atoms with Gasteiger partial charge in [0.15, 0.2) is 0 Å². The summed E-state index contributed by atoms with van der Waals surface area (Å²) in [5.74, 6) is 1.71. The van der Waals surface area contributed by atoms with Crippen molar-refractivity contribution in [3.8, 4) is 11.5 Å². The Morgan fingerprint density at radius 1 is 1.00 bits per heavy atom. The maximum atomic E-state index is 13.1. The fourth-order valence-electron chi connectivity index (χ4n) is 5.29. The van der Waals surface area contributed by atoms with E-state index in [1.165, 1.54) is 5.56 Å². The van der Waals surface area contributed by atoms with Crippen LogP contribution in [0.2, 0.25) is 0 Å². The molecule has 1 amide bonds. The van der Waals surface area contributed by atoms with Gasteiger partial charge in [0.05, 0.1) is 13.4 Å². The van der Waals surface area contributed by atoms with Crippen LogP contribution >= 0.6 is 0 Å². The molecule has 3 saturated carbocycles. The first kappa shape index (κ1) is 23.3. The molecule has 2 bridgehead atoms. The standard InChI is InChI=1S/C27H33FN2O3/c1-32-23-6-2-20(3-7-23)18-30-25(31)27-13-10-26(11-14-27,12-15-27)22-4-8-24(9-5-22)33-19-21(16-28)17-29/h2-9,16H,10-15,17-19,29H2,1H3,(H,30,31)/b21-16+. The number of ether oxygens (including phenoxy) is 2. The van der Waals surface area contributed by atoms with Crippen LogP contribution in [-0.2, 0) is 16.8 Å². The molecule has 0 aromatic heterocycles. The Balaban J connectivity index is 1.33. The highest BCUT2D eigenvalue weighted by Gasteiger charge is 2.52. The van der Waals surface area contributed by atoms with E-state index in [9.17, 15) is 9.18 Å². The van der Waals surface area contributed by atoms with Crippen molar-refractivity contribution in [2.45, 2.75) is 50.5 Å². The molecule has 0 heterocycles. The fraction of sp³-hybridized carbons (Fsp3) is 0.444. The molecule has 0 aliphatic heterocycles. The van der Waals surface area contributed by atoms with E-state index in [1.54, 1.807) is 7.11 Å². The molecular formula is C27H33FN2O3. The highest BCUT2D eigenvalue weighted by molar-refractivity contribution is 5.83. The number of halogens is 1. The van der Waals surface area contributed by atoms with Crippen LogP contribution in [0.5, 0.6) is 11.5 Å². The van der Waals surface area contributed by atoms with Crippen molar-refractivity contribution in [3.05, 3.63) is 71.6 Å². The maximum Gasteiger partial charge on any atom is 0.226 e. The average Bonchev–Trinajstić information content (AvgIpc) is 2.89. The Kier molecular flexibility index (Phi) is 7.03. The maximum absolute atomic E-state index is 13.1. The number of benzene rings is 2. The number of fused-ring (bicyclic) bond motifs is 3. The lowest BCUT2D eigenvalue weighted by molar-refractivity contribution is -0.138. The number of hydrogen-bond donors (Lipinski definition) is 2. The predicted octanol–water partition coefficient (Wildman–Crippen LogP) is 4.79. The summed E-state index contributed by atoms with van der Waals surface area (Å²) in [5, 5.41) is 3.18. The Hall–Kier alpha value is -2.86. The van der Waals surface area contributed by atoms with E-state index in [2.05, 4.69) is 17.4 Å². The predicted molar refractivity (Wildman–Crippen MR) is 127 cm³/mol.